The molecule has 138 valence electrons. The van der Waals surface area contributed by atoms with E-state index in [0.717, 1.165) is 5.56 Å². The van der Waals surface area contributed by atoms with Crippen LogP contribution in [0.5, 0.6) is 0 Å². The van der Waals surface area contributed by atoms with E-state index >= 15 is 0 Å². The van der Waals surface area contributed by atoms with Crippen LogP contribution < -0.4 is 0 Å². The lowest BCUT2D eigenvalue weighted by Crippen LogP contribution is -2.58. The first-order valence-corrected chi connectivity index (χ1v) is 8.85. The summed E-state index contributed by atoms with van der Waals surface area (Å²) >= 11 is 0. The average Bonchev–Trinajstić information content (AvgIpc) is 2.62. The van der Waals surface area contributed by atoms with E-state index < -0.39 is 18.0 Å². The van der Waals surface area contributed by atoms with Gasteiger partial charge in [-0.3, -0.25) is 4.79 Å². The van der Waals surface area contributed by atoms with Gasteiger partial charge in [-0.2, -0.15) is 0 Å². The number of rotatable bonds is 5. The van der Waals surface area contributed by atoms with Crippen LogP contribution in [0.2, 0.25) is 0 Å². The topological polar surface area (TPSA) is 74.2 Å². The van der Waals surface area contributed by atoms with Crippen molar-refractivity contribution in [1.29, 1.82) is 0 Å². The SMILES string of the molecule is CCOC(=O)CC[C@]1(C)O[C@@H]2CO[C@@H](c3ccccc3)O[C@H]2C[C@H]1O. The highest BCUT2D eigenvalue weighted by Gasteiger charge is 2.48. The molecule has 0 amide bonds. The van der Waals surface area contributed by atoms with E-state index in [-0.39, 0.29) is 24.6 Å². The van der Waals surface area contributed by atoms with Crippen LogP contribution in [0.3, 0.4) is 0 Å². The molecular formula is C19H26O6. The zero-order valence-corrected chi connectivity index (χ0v) is 14.7. The molecule has 3 rings (SSSR count). The second-order valence-corrected chi connectivity index (χ2v) is 6.78. The van der Waals surface area contributed by atoms with E-state index in [2.05, 4.69) is 0 Å². The lowest BCUT2D eigenvalue weighted by Gasteiger charge is -2.49. The molecule has 0 aliphatic carbocycles. The smallest absolute Gasteiger partial charge is 0.305 e. The maximum Gasteiger partial charge on any atom is 0.305 e. The molecule has 25 heavy (non-hydrogen) atoms. The molecule has 2 aliphatic rings. The molecule has 2 aliphatic heterocycles. The van der Waals surface area contributed by atoms with Gasteiger partial charge in [-0.15, -0.1) is 0 Å². The predicted molar refractivity (Wildman–Crippen MR) is 89.8 cm³/mol. The van der Waals surface area contributed by atoms with Crippen molar-refractivity contribution in [2.45, 2.75) is 63.3 Å². The van der Waals surface area contributed by atoms with Crippen molar-refractivity contribution < 1.29 is 28.8 Å². The fourth-order valence-electron chi connectivity index (χ4n) is 3.38. The van der Waals surface area contributed by atoms with Gasteiger partial charge in [-0.25, -0.2) is 0 Å². The molecule has 2 heterocycles. The molecular weight excluding hydrogens is 324 g/mol. The zero-order valence-electron chi connectivity index (χ0n) is 14.7. The minimum atomic E-state index is -0.805. The third kappa shape index (κ3) is 4.20. The highest BCUT2D eigenvalue weighted by Crippen LogP contribution is 2.39. The molecule has 1 N–H and O–H groups in total. The summed E-state index contributed by atoms with van der Waals surface area (Å²) < 4.78 is 22.9. The normalized spacial score (nSPS) is 35.0. The number of hydrogen-bond acceptors (Lipinski definition) is 6. The minimum absolute atomic E-state index is 0.215. The minimum Gasteiger partial charge on any atom is -0.466 e. The second-order valence-electron chi connectivity index (χ2n) is 6.78. The van der Waals surface area contributed by atoms with E-state index in [0.29, 0.717) is 26.1 Å². The van der Waals surface area contributed by atoms with Crippen LogP contribution >= 0.6 is 0 Å². The first-order chi connectivity index (χ1) is 12.0. The van der Waals surface area contributed by atoms with E-state index in [1.165, 1.54) is 0 Å². The van der Waals surface area contributed by atoms with Crippen LogP contribution in [0.15, 0.2) is 30.3 Å². The van der Waals surface area contributed by atoms with Gasteiger partial charge in [0.05, 0.1) is 31.0 Å². The number of hydrogen-bond donors (Lipinski definition) is 1. The number of aliphatic hydroxyl groups excluding tert-OH is 1. The molecule has 0 radical (unpaired) electrons. The van der Waals surface area contributed by atoms with Gasteiger partial charge in [-0.05, 0) is 20.3 Å². The Hall–Kier alpha value is -1.47. The van der Waals surface area contributed by atoms with Crippen LogP contribution in [0.1, 0.15) is 45.0 Å². The number of carbonyl (C=O) groups is 1. The Morgan fingerprint density at radius 2 is 2.08 bits per heavy atom. The van der Waals surface area contributed by atoms with E-state index in [1.807, 2.05) is 37.3 Å². The molecule has 5 atom stereocenters. The Balaban J connectivity index is 1.60. The molecule has 0 spiro atoms. The second kappa shape index (κ2) is 7.83. The van der Waals surface area contributed by atoms with Crippen molar-refractivity contribution in [1.82, 2.24) is 0 Å². The number of carbonyl (C=O) groups excluding carboxylic acids is 1. The van der Waals surface area contributed by atoms with Crippen molar-refractivity contribution in [3.05, 3.63) is 35.9 Å². The molecule has 1 aromatic rings. The molecule has 2 fully saturated rings. The number of aliphatic hydroxyl groups is 1. The largest absolute Gasteiger partial charge is 0.466 e. The third-order valence-corrected chi connectivity index (χ3v) is 4.91. The van der Waals surface area contributed by atoms with Gasteiger partial charge < -0.3 is 24.1 Å². The molecule has 0 aromatic heterocycles. The van der Waals surface area contributed by atoms with E-state index in [1.54, 1.807) is 6.92 Å². The van der Waals surface area contributed by atoms with Crippen molar-refractivity contribution in [2.24, 2.45) is 0 Å². The van der Waals surface area contributed by atoms with Crippen LogP contribution in [0, 0.1) is 0 Å². The Bertz CT molecular complexity index is 577. The first-order valence-electron chi connectivity index (χ1n) is 8.85. The van der Waals surface area contributed by atoms with Gasteiger partial charge in [-0.1, -0.05) is 30.3 Å². The first kappa shape index (κ1) is 18.3. The summed E-state index contributed by atoms with van der Waals surface area (Å²) in [6, 6.07) is 9.72. The number of ether oxygens (including phenoxy) is 4. The third-order valence-electron chi connectivity index (χ3n) is 4.91. The summed E-state index contributed by atoms with van der Waals surface area (Å²) in [5.41, 5.74) is 0.145. The van der Waals surface area contributed by atoms with Crippen molar-refractivity contribution >= 4 is 5.97 Å². The van der Waals surface area contributed by atoms with Crippen molar-refractivity contribution in [3.63, 3.8) is 0 Å². The van der Waals surface area contributed by atoms with Gasteiger partial charge in [0, 0.05) is 18.4 Å². The lowest BCUT2D eigenvalue weighted by atomic mass is 9.84. The zero-order chi connectivity index (χ0) is 17.9. The number of benzene rings is 1. The Kier molecular flexibility index (Phi) is 5.74. The van der Waals surface area contributed by atoms with Crippen LogP contribution in [0.25, 0.3) is 0 Å². The molecule has 0 saturated carbocycles. The van der Waals surface area contributed by atoms with Crippen molar-refractivity contribution in [3.8, 4) is 0 Å². The highest BCUT2D eigenvalue weighted by molar-refractivity contribution is 5.69. The number of fused-ring (bicyclic) bond motifs is 1. The Morgan fingerprint density at radius 3 is 2.80 bits per heavy atom. The van der Waals surface area contributed by atoms with Crippen LogP contribution in [-0.2, 0) is 23.7 Å². The standard InChI is InChI=1S/C19H26O6/c1-3-22-17(21)9-10-19(2)16(20)11-14-15(25-19)12-23-18(24-14)13-7-5-4-6-8-13/h4-8,14-16,18,20H,3,9-12H2,1-2H3/t14-,15+,16+,18+,19-/m0/s1. The molecule has 2 saturated heterocycles. The fraction of sp³-hybridized carbons (Fsp3) is 0.632. The molecule has 6 heteroatoms. The summed E-state index contributed by atoms with van der Waals surface area (Å²) in [6.07, 6.45) is -0.567. The van der Waals surface area contributed by atoms with E-state index in [9.17, 15) is 9.90 Å². The Morgan fingerprint density at radius 1 is 1.32 bits per heavy atom. The quantitative estimate of drug-likeness (QED) is 0.822. The molecule has 1 aromatic carbocycles. The average molecular weight is 350 g/mol. The van der Waals surface area contributed by atoms with Crippen LogP contribution in [0.4, 0.5) is 0 Å². The van der Waals surface area contributed by atoms with Gasteiger partial charge in [0.2, 0.25) is 0 Å². The summed E-state index contributed by atoms with van der Waals surface area (Å²) in [6.45, 7) is 4.35. The number of esters is 1. The van der Waals surface area contributed by atoms with Gasteiger partial charge in [0.1, 0.15) is 6.10 Å². The monoisotopic (exact) mass is 350 g/mol. The maximum atomic E-state index is 11.6. The molecule has 6 nitrogen and oxygen atoms in total. The van der Waals surface area contributed by atoms with Crippen LogP contribution in [-0.4, -0.2) is 48.2 Å². The van der Waals surface area contributed by atoms with Crippen molar-refractivity contribution in [2.75, 3.05) is 13.2 Å². The maximum absolute atomic E-state index is 11.6. The molecule has 0 bridgehead atoms. The van der Waals surface area contributed by atoms with E-state index in [4.69, 9.17) is 18.9 Å². The summed E-state index contributed by atoms with van der Waals surface area (Å²) in [4.78, 5) is 11.6. The fourth-order valence-corrected chi connectivity index (χ4v) is 3.38. The summed E-state index contributed by atoms with van der Waals surface area (Å²) in [5, 5.41) is 10.6. The predicted octanol–water partition coefficient (Wildman–Crippen LogP) is 2.35. The summed E-state index contributed by atoms with van der Waals surface area (Å²) in [5.74, 6) is -0.276. The summed E-state index contributed by atoms with van der Waals surface area (Å²) in [7, 11) is 0. The highest BCUT2D eigenvalue weighted by atomic mass is 16.7. The van der Waals surface area contributed by atoms with Gasteiger partial charge in [0.25, 0.3) is 0 Å². The lowest BCUT2D eigenvalue weighted by molar-refractivity contribution is -0.321. The van der Waals surface area contributed by atoms with Gasteiger partial charge in [0.15, 0.2) is 6.29 Å². The molecule has 0 unspecified atom stereocenters. The van der Waals surface area contributed by atoms with Gasteiger partial charge >= 0.3 is 5.97 Å². The Labute approximate surface area is 148 Å².